The largest absolute Gasteiger partial charge is 1.00 e. The molecule has 0 amide bonds. The quantitative estimate of drug-likeness (QED) is 0.484. The topological polar surface area (TPSA) is 119 Å². The van der Waals surface area contributed by atoms with Gasteiger partial charge in [0.1, 0.15) is 30.2 Å². The number of carboxylic acids is 1. The van der Waals surface area contributed by atoms with Crippen molar-refractivity contribution >= 4 is 16.7 Å². The normalized spacial score (nSPS) is 29.7. The minimum atomic E-state index is -1.80. The average molecular weight is 342 g/mol. The van der Waals surface area contributed by atoms with Crippen molar-refractivity contribution in [2.75, 3.05) is 0 Å². The summed E-state index contributed by atoms with van der Waals surface area (Å²) < 4.78 is 10.5. The van der Waals surface area contributed by atoms with Crippen molar-refractivity contribution in [1.82, 2.24) is 0 Å². The molecule has 1 fully saturated rings. The van der Waals surface area contributed by atoms with Gasteiger partial charge < -0.3 is 34.7 Å². The summed E-state index contributed by atoms with van der Waals surface area (Å²) in [5.41, 5.74) is 0. The first kappa shape index (κ1) is 19.1. The number of hydrogen-bond acceptors (Lipinski definition) is 7. The van der Waals surface area contributed by atoms with E-state index in [0.29, 0.717) is 5.75 Å². The zero-order chi connectivity index (χ0) is 16.6. The van der Waals surface area contributed by atoms with Crippen LogP contribution in [0.15, 0.2) is 42.5 Å². The smallest absolute Gasteiger partial charge is 0.547 e. The molecule has 0 aliphatic carbocycles. The standard InChI is InChI=1S/C16H16O7.Na/c17-11-12(18)14(15(20)21)23-16(13(11)19)22-10-6-5-8-3-1-2-4-9(8)7-10;/h1-7,11-14,16-19H,(H,20,21);/q;+1/p-1/t11-,12-,13+,14-,16+;/m0./s1. The van der Waals surface area contributed by atoms with Gasteiger partial charge in [-0.2, -0.15) is 0 Å². The maximum absolute atomic E-state index is 10.9. The minimum absolute atomic E-state index is 0. The summed E-state index contributed by atoms with van der Waals surface area (Å²) in [6.45, 7) is 0. The van der Waals surface area contributed by atoms with Crippen LogP contribution < -0.4 is 39.4 Å². The van der Waals surface area contributed by atoms with E-state index in [1.54, 1.807) is 18.2 Å². The van der Waals surface area contributed by atoms with Crippen LogP contribution in [0.5, 0.6) is 5.75 Å². The van der Waals surface area contributed by atoms with Gasteiger partial charge in [0, 0.05) is 0 Å². The Morgan fingerprint density at radius 2 is 1.67 bits per heavy atom. The van der Waals surface area contributed by atoms with E-state index >= 15 is 0 Å². The fourth-order valence-corrected chi connectivity index (χ4v) is 2.51. The molecular weight excluding hydrogens is 327 g/mol. The zero-order valence-electron chi connectivity index (χ0n) is 12.9. The number of carboxylic acid groups (broad SMARTS) is 1. The molecule has 0 radical (unpaired) electrons. The number of benzene rings is 2. The Morgan fingerprint density at radius 1 is 1.00 bits per heavy atom. The first-order chi connectivity index (χ1) is 11.0. The molecule has 1 aliphatic heterocycles. The summed E-state index contributed by atoms with van der Waals surface area (Å²) in [4.78, 5) is 10.9. The van der Waals surface area contributed by atoms with E-state index in [1.165, 1.54) is 0 Å². The Balaban J connectivity index is 0.00000208. The Hall–Kier alpha value is -1.19. The van der Waals surface area contributed by atoms with Crippen molar-refractivity contribution in [2.45, 2.75) is 30.7 Å². The molecule has 3 rings (SSSR count). The Morgan fingerprint density at radius 3 is 2.33 bits per heavy atom. The number of aliphatic carboxylic acids is 1. The Labute approximate surface area is 159 Å². The Kier molecular flexibility index (Phi) is 6.22. The molecule has 1 saturated heterocycles. The summed E-state index contributed by atoms with van der Waals surface area (Å²) in [5.74, 6) is -1.37. The molecule has 1 aliphatic rings. The first-order valence-corrected chi connectivity index (χ1v) is 7.03. The molecule has 8 heteroatoms. The van der Waals surface area contributed by atoms with Crippen LogP contribution in [0.2, 0.25) is 0 Å². The summed E-state index contributed by atoms with van der Waals surface area (Å²) in [7, 11) is 0. The third-order valence-electron chi connectivity index (χ3n) is 3.78. The van der Waals surface area contributed by atoms with E-state index in [-0.39, 0.29) is 29.6 Å². The van der Waals surface area contributed by atoms with Crippen molar-refractivity contribution in [1.29, 1.82) is 0 Å². The maximum atomic E-state index is 10.9. The molecule has 0 spiro atoms. The van der Waals surface area contributed by atoms with Crippen LogP contribution in [-0.2, 0) is 9.53 Å². The van der Waals surface area contributed by atoms with Crippen LogP contribution in [0.4, 0.5) is 0 Å². The van der Waals surface area contributed by atoms with Crippen molar-refractivity contribution < 1.29 is 64.3 Å². The second-order valence-electron chi connectivity index (χ2n) is 5.34. The van der Waals surface area contributed by atoms with Crippen LogP contribution in [0.3, 0.4) is 0 Å². The monoisotopic (exact) mass is 342 g/mol. The summed E-state index contributed by atoms with van der Waals surface area (Å²) in [6, 6.07) is 12.6. The van der Waals surface area contributed by atoms with Gasteiger partial charge in [-0.05, 0) is 22.9 Å². The second-order valence-corrected chi connectivity index (χ2v) is 5.34. The molecule has 24 heavy (non-hydrogen) atoms. The summed E-state index contributed by atoms with van der Waals surface area (Å²) in [6.07, 6.45) is -8.37. The predicted octanol–water partition coefficient (Wildman–Crippen LogP) is -4.22. The number of aliphatic hydroxyl groups excluding tert-OH is 3. The van der Waals surface area contributed by atoms with E-state index in [1.807, 2.05) is 24.3 Å². The molecule has 0 bridgehead atoms. The van der Waals surface area contributed by atoms with Gasteiger partial charge in [0.05, 0.1) is 5.97 Å². The van der Waals surface area contributed by atoms with E-state index in [9.17, 15) is 25.2 Å². The fourth-order valence-electron chi connectivity index (χ4n) is 2.51. The van der Waals surface area contributed by atoms with Gasteiger partial charge in [0.25, 0.3) is 0 Å². The molecule has 5 atom stereocenters. The van der Waals surface area contributed by atoms with E-state index < -0.39 is 36.7 Å². The van der Waals surface area contributed by atoms with E-state index in [0.717, 1.165) is 10.8 Å². The van der Waals surface area contributed by atoms with Gasteiger partial charge in [-0.25, -0.2) is 0 Å². The number of carbonyl (C=O) groups is 1. The number of fused-ring (bicyclic) bond motifs is 1. The molecule has 0 unspecified atom stereocenters. The number of aliphatic hydroxyl groups is 3. The third kappa shape index (κ3) is 3.73. The minimum Gasteiger partial charge on any atom is -0.547 e. The Bertz CT molecular complexity index is 722. The van der Waals surface area contributed by atoms with Crippen LogP contribution in [0.1, 0.15) is 0 Å². The van der Waals surface area contributed by atoms with Crippen LogP contribution in [0.25, 0.3) is 10.8 Å². The van der Waals surface area contributed by atoms with Gasteiger partial charge >= 0.3 is 29.6 Å². The van der Waals surface area contributed by atoms with Crippen molar-refractivity contribution in [3.63, 3.8) is 0 Å². The molecule has 2 aromatic rings. The van der Waals surface area contributed by atoms with Gasteiger partial charge in [0.15, 0.2) is 0 Å². The van der Waals surface area contributed by atoms with E-state index in [2.05, 4.69) is 0 Å². The molecule has 3 N–H and O–H groups in total. The van der Waals surface area contributed by atoms with Gasteiger partial charge in [-0.15, -0.1) is 0 Å². The molecule has 2 aromatic carbocycles. The molecule has 7 nitrogen and oxygen atoms in total. The van der Waals surface area contributed by atoms with E-state index in [4.69, 9.17) is 9.47 Å². The van der Waals surface area contributed by atoms with Gasteiger partial charge in [-0.1, -0.05) is 30.3 Å². The predicted molar refractivity (Wildman–Crippen MR) is 76.3 cm³/mol. The molecule has 0 aromatic heterocycles. The molecular formula is C16H15NaO7. The molecule has 0 saturated carbocycles. The van der Waals surface area contributed by atoms with Crippen molar-refractivity contribution in [2.24, 2.45) is 0 Å². The van der Waals surface area contributed by atoms with Gasteiger partial charge in [-0.3, -0.25) is 0 Å². The zero-order valence-corrected chi connectivity index (χ0v) is 14.9. The number of ether oxygens (including phenoxy) is 2. The van der Waals surface area contributed by atoms with Crippen molar-refractivity contribution in [3.05, 3.63) is 42.5 Å². The maximum Gasteiger partial charge on any atom is 1.00 e. The number of hydrogen-bond donors (Lipinski definition) is 3. The first-order valence-electron chi connectivity index (χ1n) is 7.03. The third-order valence-corrected chi connectivity index (χ3v) is 3.78. The number of carbonyl (C=O) groups excluding carboxylic acids is 1. The molecule has 122 valence electrons. The molecule has 1 heterocycles. The summed E-state index contributed by atoms with van der Waals surface area (Å²) >= 11 is 0. The fraction of sp³-hybridized carbons (Fsp3) is 0.312. The SMILES string of the molecule is O=C([O-])[C@H]1O[C@@H](Oc2ccc3ccccc3c2)[C@H](O)[C@@H](O)[C@@H]1O.[Na+]. The van der Waals surface area contributed by atoms with Crippen LogP contribution in [-0.4, -0.2) is 52.0 Å². The second kappa shape index (κ2) is 7.79. The van der Waals surface area contributed by atoms with Crippen LogP contribution in [0, 0.1) is 0 Å². The average Bonchev–Trinajstić information content (AvgIpc) is 2.55. The summed E-state index contributed by atoms with van der Waals surface area (Å²) in [5, 5.41) is 42.0. The van der Waals surface area contributed by atoms with Crippen LogP contribution >= 0.6 is 0 Å². The van der Waals surface area contributed by atoms with Crippen molar-refractivity contribution in [3.8, 4) is 5.75 Å². The van der Waals surface area contributed by atoms with Gasteiger partial charge in [0.2, 0.25) is 6.29 Å². The number of rotatable bonds is 3.